The van der Waals surface area contributed by atoms with Gasteiger partial charge in [0.05, 0.1) is 23.4 Å². The van der Waals surface area contributed by atoms with E-state index in [0.717, 1.165) is 22.0 Å². The lowest BCUT2D eigenvalue weighted by Crippen LogP contribution is -2.02. The topological polar surface area (TPSA) is 55.0 Å². The van der Waals surface area contributed by atoms with E-state index >= 15 is 0 Å². The lowest BCUT2D eigenvalue weighted by Gasteiger charge is -2.01. The zero-order valence-corrected chi connectivity index (χ0v) is 12.3. The minimum atomic E-state index is -0.364. The largest absolute Gasteiger partial charge is 0.465 e. The fourth-order valence-corrected chi connectivity index (χ4v) is 2.89. The fourth-order valence-electron chi connectivity index (χ4n) is 2.02. The van der Waals surface area contributed by atoms with Crippen LogP contribution in [-0.2, 0) is 10.5 Å². The number of hydrogen-bond donors (Lipinski definition) is 1. The summed E-state index contributed by atoms with van der Waals surface area (Å²) in [5.41, 5.74) is 2.53. The zero-order valence-electron chi connectivity index (χ0n) is 11.5. The highest BCUT2D eigenvalue weighted by Gasteiger charge is 2.06. The van der Waals surface area contributed by atoms with Gasteiger partial charge < -0.3 is 9.72 Å². The van der Waals surface area contributed by atoms with Gasteiger partial charge in [-0.15, -0.1) is 11.8 Å². The predicted molar refractivity (Wildman–Crippen MR) is 83.4 cm³/mol. The van der Waals surface area contributed by atoms with Gasteiger partial charge >= 0.3 is 5.97 Å². The van der Waals surface area contributed by atoms with Crippen LogP contribution >= 0.6 is 11.8 Å². The maximum Gasteiger partial charge on any atom is 0.339 e. The summed E-state index contributed by atoms with van der Waals surface area (Å²) in [4.78, 5) is 19.0. The molecular weight excluding hydrogens is 284 g/mol. The molecule has 0 aliphatic carbocycles. The number of H-pyrrole nitrogens is 1. The Bertz CT molecular complexity index is 732. The van der Waals surface area contributed by atoms with Gasteiger partial charge in [-0.25, -0.2) is 4.79 Å². The highest BCUT2D eigenvalue weighted by atomic mass is 32.2. The van der Waals surface area contributed by atoms with E-state index in [-0.39, 0.29) is 5.97 Å². The third-order valence-corrected chi connectivity index (χ3v) is 4.10. The highest BCUT2D eigenvalue weighted by molar-refractivity contribution is 7.98. The maximum absolute atomic E-state index is 11.3. The summed E-state index contributed by atoms with van der Waals surface area (Å²) in [6, 6.07) is 13.9. The number of nitrogens with zero attached hydrogens (tertiary/aromatic N) is 1. The van der Waals surface area contributed by atoms with Crippen LogP contribution in [0, 0.1) is 0 Å². The zero-order chi connectivity index (χ0) is 14.7. The molecule has 4 nitrogen and oxygen atoms in total. The second kappa shape index (κ2) is 6.01. The maximum atomic E-state index is 11.3. The van der Waals surface area contributed by atoms with Gasteiger partial charge in [-0.1, -0.05) is 18.2 Å². The van der Waals surface area contributed by atoms with E-state index in [0.29, 0.717) is 5.56 Å². The number of aromatic amines is 1. The molecule has 106 valence electrons. The van der Waals surface area contributed by atoms with Gasteiger partial charge in [-0.2, -0.15) is 0 Å². The van der Waals surface area contributed by atoms with Gasteiger partial charge in [-0.3, -0.25) is 4.98 Å². The Kier molecular flexibility index (Phi) is 3.92. The molecule has 21 heavy (non-hydrogen) atoms. The number of hydrogen-bond acceptors (Lipinski definition) is 4. The molecule has 2 heterocycles. The van der Waals surface area contributed by atoms with Crippen molar-refractivity contribution in [1.82, 2.24) is 9.97 Å². The Morgan fingerprint density at radius 2 is 2.14 bits per heavy atom. The van der Waals surface area contributed by atoms with Gasteiger partial charge in [0.15, 0.2) is 0 Å². The number of esters is 1. The molecule has 1 aromatic carbocycles. The smallest absolute Gasteiger partial charge is 0.339 e. The van der Waals surface area contributed by atoms with Crippen LogP contribution in [0.15, 0.2) is 53.7 Å². The molecule has 0 spiro atoms. The summed E-state index contributed by atoms with van der Waals surface area (Å²) in [7, 11) is 1.36. The van der Waals surface area contributed by atoms with Gasteiger partial charge in [0.1, 0.15) is 0 Å². The molecule has 0 amide bonds. The van der Waals surface area contributed by atoms with Crippen LogP contribution in [0.5, 0.6) is 0 Å². The Hall–Kier alpha value is -2.27. The molecule has 3 rings (SSSR count). The molecule has 0 unspecified atom stereocenters. The molecule has 0 aliphatic heterocycles. The summed E-state index contributed by atoms with van der Waals surface area (Å²) in [6.07, 6.45) is 1.55. The third-order valence-electron chi connectivity index (χ3n) is 3.13. The Labute approximate surface area is 126 Å². The second-order valence-corrected chi connectivity index (χ2v) is 5.56. The van der Waals surface area contributed by atoms with E-state index in [4.69, 9.17) is 0 Å². The summed E-state index contributed by atoms with van der Waals surface area (Å²) in [5, 5.41) is 2.31. The van der Waals surface area contributed by atoms with Crippen molar-refractivity contribution in [2.45, 2.75) is 10.8 Å². The van der Waals surface area contributed by atoms with E-state index in [1.807, 2.05) is 18.2 Å². The number of carbonyl (C=O) groups is 1. The predicted octanol–water partition coefficient (Wildman–Crippen LogP) is 3.64. The number of benzene rings is 1. The van der Waals surface area contributed by atoms with Gasteiger partial charge in [-0.05, 0) is 24.3 Å². The molecule has 0 saturated heterocycles. The molecule has 1 N–H and O–H groups in total. The van der Waals surface area contributed by atoms with Crippen LogP contribution in [-0.4, -0.2) is 23.0 Å². The van der Waals surface area contributed by atoms with Gasteiger partial charge in [0.2, 0.25) is 0 Å². The highest BCUT2D eigenvalue weighted by Crippen LogP contribution is 2.25. The lowest BCUT2D eigenvalue weighted by molar-refractivity contribution is 0.0600. The Balaban J connectivity index is 1.68. The molecular formula is C16H14N2O2S. The van der Waals surface area contributed by atoms with E-state index in [1.54, 1.807) is 24.0 Å². The van der Waals surface area contributed by atoms with Crippen LogP contribution in [0.3, 0.4) is 0 Å². The number of aromatic nitrogens is 2. The van der Waals surface area contributed by atoms with Gasteiger partial charge in [0, 0.05) is 22.9 Å². The van der Waals surface area contributed by atoms with Crippen LogP contribution in [0.1, 0.15) is 16.1 Å². The van der Waals surface area contributed by atoms with Crippen molar-refractivity contribution in [3.8, 4) is 0 Å². The number of carbonyl (C=O) groups excluding carboxylic acids is 1. The van der Waals surface area contributed by atoms with Gasteiger partial charge in [0.25, 0.3) is 0 Å². The number of ether oxygens (including phenoxy) is 1. The fraction of sp³-hybridized carbons (Fsp3) is 0.125. The molecule has 5 heteroatoms. The second-order valence-electron chi connectivity index (χ2n) is 4.54. The van der Waals surface area contributed by atoms with Crippen LogP contribution in [0.2, 0.25) is 0 Å². The molecule has 0 fully saturated rings. The standard InChI is InChI=1S/C16H14N2O2S/c1-20-16(19)12-6-7-13(17-9-12)10-21-15-8-11-4-2-3-5-14(11)18-15/h2-9,18H,10H2,1H3. The molecule has 0 aliphatic rings. The molecule has 0 radical (unpaired) electrons. The van der Waals surface area contributed by atoms with Crippen molar-refractivity contribution in [3.05, 3.63) is 59.9 Å². The first kappa shape index (κ1) is 13.7. The first-order valence-electron chi connectivity index (χ1n) is 6.50. The van der Waals surface area contributed by atoms with Crippen LogP contribution in [0.25, 0.3) is 10.9 Å². The first-order chi connectivity index (χ1) is 10.3. The summed E-state index contributed by atoms with van der Waals surface area (Å²) < 4.78 is 4.65. The van der Waals surface area contributed by atoms with E-state index < -0.39 is 0 Å². The molecule has 0 bridgehead atoms. The van der Waals surface area contributed by atoms with Crippen molar-refractivity contribution in [2.75, 3.05) is 7.11 Å². The number of pyridine rings is 1. The Morgan fingerprint density at radius 3 is 2.86 bits per heavy atom. The van der Waals surface area contributed by atoms with E-state index in [2.05, 4.69) is 32.9 Å². The van der Waals surface area contributed by atoms with Crippen LogP contribution < -0.4 is 0 Å². The number of nitrogens with one attached hydrogen (secondary N) is 1. The number of rotatable bonds is 4. The van der Waals surface area contributed by atoms with Crippen LogP contribution in [0.4, 0.5) is 0 Å². The quantitative estimate of drug-likeness (QED) is 0.590. The molecule has 0 saturated carbocycles. The average Bonchev–Trinajstić information content (AvgIpc) is 2.95. The normalized spacial score (nSPS) is 10.7. The third kappa shape index (κ3) is 3.08. The number of thioether (sulfide) groups is 1. The molecule has 2 aromatic heterocycles. The number of methoxy groups -OCH3 is 1. The number of para-hydroxylation sites is 1. The summed E-state index contributed by atoms with van der Waals surface area (Å²) in [6.45, 7) is 0. The SMILES string of the molecule is COC(=O)c1ccc(CSc2cc3ccccc3[nH]2)nc1. The van der Waals surface area contributed by atoms with Crippen molar-refractivity contribution in [1.29, 1.82) is 0 Å². The van der Waals surface area contributed by atoms with Crippen molar-refractivity contribution < 1.29 is 9.53 Å². The number of fused-ring (bicyclic) bond motifs is 1. The average molecular weight is 298 g/mol. The van der Waals surface area contributed by atoms with Crippen molar-refractivity contribution in [3.63, 3.8) is 0 Å². The van der Waals surface area contributed by atoms with E-state index in [9.17, 15) is 4.79 Å². The summed E-state index contributed by atoms with van der Waals surface area (Å²) >= 11 is 1.69. The first-order valence-corrected chi connectivity index (χ1v) is 7.48. The molecule has 3 aromatic rings. The minimum Gasteiger partial charge on any atom is -0.465 e. The Morgan fingerprint density at radius 1 is 1.29 bits per heavy atom. The monoisotopic (exact) mass is 298 g/mol. The van der Waals surface area contributed by atoms with Crippen molar-refractivity contribution in [2.24, 2.45) is 0 Å². The van der Waals surface area contributed by atoms with E-state index in [1.165, 1.54) is 12.5 Å². The minimum absolute atomic E-state index is 0.364. The lowest BCUT2D eigenvalue weighted by atomic mass is 10.2. The summed E-state index contributed by atoms with van der Waals surface area (Å²) in [5.74, 6) is 0.381. The molecule has 0 atom stereocenters. The van der Waals surface area contributed by atoms with Crippen molar-refractivity contribution >= 4 is 28.6 Å².